The predicted octanol–water partition coefficient (Wildman–Crippen LogP) is 1.05. The highest BCUT2D eigenvalue weighted by Crippen LogP contribution is 2.06. The first-order chi connectivity index (χ1) is 7.00. The van der Waals surface area contributed by atoms with Crippen LogP contribution in [-0.2, 0) is 9.59 Å². The van der Waals surface area contributed by atoms with Gasteiger partial charge in [-0.05, 0) is 12.1 Å². The molecule has 0 unspecified atom stereocenters. The summed E-state index contributed by atoms with van der Waals surface area (Å²) < 4.78 is 12.7. The van der Waals surface area contributed by atoms with Crippen molar-refractivity contribution in [3.8, 4) is 0 Å². The maximum Gasteiger partial charge on any atom is 0.372 e. The molecule has 0 amide bonds. The number of carboxylic acids is 1. The van der Waals surface area contributed by atoms with Crippen LogP contribution in [0.15, 0.2) is 24.3 Å². The van der Waals surface area contributed by atoms with Crippen molar-refractivity contribution in [3.63, 3.8) is 0 Å². The van der Waals surface area contributed by atoms with Crippen LogP contribution in [0.5, 0.6) is 0 Å². The minimum absolute atomic E-state index is 0.00963. The second-order valence-electron chi connectivity index (χ2n) is 2.84. The van der Waals surface area contributed by atoms with Gasteiger partial charge in [-0.2, -0.15) is 0 Å². The summed E-state index contributed by atoms with van der Waals surface area (Å²) in [5.74, 6) is -4.19. The number of halogens is 1. The van der Waals surface area contributed by atoms with Gasteiger partial charge in [-0.15, -0.1) is 0 Å². The monoisotopic (exact) mass is 210 g/mol. The number of aliphatic carboxylic acids is 1. The van der Waals surface area contributed by atoms with Gasteiger partial charge >= 0.3 is 5.97 Å². The van der Waals surface area contributed by atoms with Gasteiger partial charge in [0, 0.05) is 5.56 Å². The Bertz CT molecular complexity index is 425. The molecule has 0 fully saturated rings. The van der Waals surface area contributed by atoms with Crippen molar-refractivity contribution < 1.29 is 23.9 Å². The Hall–Kier alpha value is -2.04. The largest absolute Gasteiger partial charge is 0.475 e. The maximum atomic E-state index is 12.7. The molecule has 1 rings (SSSR count). The molecule has 0 saturated heterocycles. The fourth-order valence-electron chi connectivity index (χ4n) is 0.985. The first-order valence-corrected chi connectivity index (χ1v) is 4.05. The molecule has 0 aliphatic rings. The molecule has 5 heteroatoms. The molecule has 0 aliphatic heterocycles. The normalized spacial score (nSPS) is 9.67. The van der Waals surface area contributed by atoms with Crippen LogP contribution < -0.4 is 0 Å². The molecule has 0 aromatic heterocycles. The number of hydrogen-bond acceptors (Lipinski definition) is 3. The molecule has 1 aromatic carbocycles. The van der Waals surface area contributed by atoms with Gasteiger partial charge in [0.05, 0.1) is 6.42 Å². The minimum atomic E-state index is -1.67. The molecular formula is C10H7FO4. The van der Waals surface area contributed by atoms with Crippen molar-refractivity contribution in [1.29, 1.82) is 0 Å². The van der Waals surface area contributed by atoms with Crippen molar-refractivity contribution in [2.75, 3.05) is 0 Å². The number of carboxylic acid groups (broad SMARTS) is 1. The van der Waals surface area contributed by atoms with E-state index >= 15 is 0 Å². The van der Waals surface area contributed by atoms with Crippen molar-refractivity contribution in [2.45, 2.75) is 6.42 Å². The standard InChI is InChI=1S/C10H7FO4/c11-7-3-1-2-6(4-7)8(12)5-9(13)10(14)15/h1-4H,5H2,(H,14,15). The first-order valence-electron chi connectivity index (χ1n) is 4.05. The molecule has 0 aliphatic carbocycles. The quantitative estimate of drug-likeness (QED) is 0.458. The van der Waals surface area contributed by atoms with Crippen molar-refractivity contribution >= 4 is 17.5 Å². The van der Waals surface area contributed by atoms with Crippen LogP contribution in [0.2, 0.25) is 0 Å². The zero-order chi connectivity index (χ0) is 11.4. The first kappa shape index (κ1) is 11.0. The Kier molecular flexibility index (Phi) is 3.28. The van der Waals surface area contributed by atoms with Gasteiger partial charge in [0.25, 0.3) is 0 Å². The smallest absolute Gasteiger partial charge is 0.372 e. The van der Waals surface area contributed by atoms with Crippen LogP contribution >= 0.6 is 0 Å². The number of benzene rings is 1. The average Bonchev–Trinajstić information content (AvgIpc) is 2.17. The zero-order valence-electron chi connectivity index (χ0n) is 7.57. The molecule has 0 spiro atoms. The highest BCUT2D eigenvalue weighted by Gasteiger charge is 2.17. The third-order valence-electron chi connectivity index (χ3n) is 1.71. The van der Waals surface area contributed by atoms with Gasteiger partial charge in [-0.25, -0.2) is 9.18 Å². The number of carbonyl (C=O) groups excluding carboxylic acids is 2. The average molecular weight is 210 g/mol. The summed E-state index contributed by atoms with van der Waals surface area (Å²) in [5.41, 5.74) is -0.00963. The molecule has 0 bridgehead atoms. The molecule has 0 saturated carbocycles. The van der Waals surface area contributed by atoms with E-state index < -0.39 is 29.8 Å². The zero-order valence-corrected chi connectivity index (χ0v) is 7.57. The third kappa shape index (κ3) is 2.98. The highest BCUT2D eigenvalue weighted by molar-refractivity contribution is 6.37. The lowest BCUT2D eigenvalue weighted by atomic mass is 10.1. The summed E-state index contributed by atoms with van der Waals surface area (Å²) >= 11 is 0. The van der Waals surface area contributed by atoms with Crippen molar-refractivity contribution in [2.24, 2.45) is 0 Å². The van der Waals surface area contributed by atoms with Gasteiger partial charge < -0.3 is 5.11 Å². The van der Waals surface area contributed by atoms with Crippen LogP contribution in [0, 0.1) is 5.82 Å². The second kappa shape index (κ2) is 4.45. The Balaban J connectivity index is 2.78. The molecule has 0 radical (unpaired) electrons. The topological polar surface area (TPSA) is 71.4 Å². The van der Waals surface area contributed by atoms with E-state index in [0.29, 0.717) is 0 Å². The molecule has 4 nitrogen and oxygen atoms in total. The molecule has 1 aromatic rings. The SMILES string of the molecule is O=C(O)C(=O)CC(=O)c1cccc(F)c1. The van der Waals surface area contributed by atoms with E-state index in [1.54, 1.807) is 0 Å². The van der Waals surface area contributed by atoms with Crippen molar-refractivity contribution in [1.82, 2.24) is 0 Å². The molecule has 78 valence electrons. The molecule has 1 N–H and O–H groups in total. The van der Waals surface area contributed by atoms with E-state index in [9.17, 15) is 18.8 Å². The highest BCUT2D eigenvalue weighted by atomic mass is 19.1. The number of rotatable bonds is 4. The number of Topliss-reactive ketones (excluding diaryl/α,β-unsaturated/α-hetero) is 2. The Labute approximate surface area is 84.3 Å². The number of carbonyl (C=O) groups is 3. The number of ketones is 2. The van der Waals surface area contributed by atoms with Gasteiger partial charge in [0.2, 0.25) is 5.78 Å². The lowest BCUT2D eigenvalue weighted by molar-refractivity contribution is -0.148. The predicted molar refractivity (Wildman–Crippen MR) is 48.0 cm³/mol. The summed E-state index contributed by atoms with van der Waals surface area (Å²) in [5, 5.41) is 8.26. The van der Waals surface area contributed by atoms with E-state index in [4.69, 9.17) is 5.11 Å². The van der Waals surface area contributed by atoms with Crippen LogP contribution in [0.4, 0.5) is 4.39 Å². The molecular weight excluding hydrogens is 203 g/mol. The fourth-order valence-corrected chi connectivity index (χ4v) is 0.985. The maximum absolute atomic E-state index is 12.7. The summed E-state index contributed by atoms with van der Waals surface area (Å²) in [6, 6.07) is 4.74. The van der Waals surface area contributed by atoms with Gasteiger partial charge in [-0.3, -0.25) is 9.59 Å². The Morgan fingerprint density at radius 2 is 1.93 bits per heavy atom. The summed E-state index contributed by atoms with van der Waals surface area (Å²) in [6.45, 7) is 0. The van der Waals surface area contributed by atoms with E-state index in [0.717, 1.165) is 12.1 Å². The van der Waals surface area contributed by atoms with Crippen LogP contribution in [0.3, 0.4) is 0 Å². The van der Waals surface area contributed by atoms with E-state index in [1.165, 1.54) is 12.1 Å². The van der Waals surface area contributed by atoms with Crippen LogP contribution in [0.1, 0.15) is 16.8 Å². The van der Waals surface area contributed by atoms with Gasteiger partial charge in [0.1, 0.15) is 5.82 Å². The van der Waals surface area contributed by atoms with Crippen molar-refractivity contribution in [3.05, 3.63) is 35.6 Å². The van der Waals surface area contributed by atoms with E-state index in [1.807, 2.05) is 0 Å². The van der Waals surface area contributed by atoms with Gasteiger partial charge in [-0.1, -0.05) is 12.1 Å². The third-order valence-corrected chi connectivity index (χ3v) is 1.71. The van der Waals surface area contributed by atoms with Crippen LogP contribution in [0.25, 0.3) is 0 Å². The number of hydrogen-bond donors (Lipinski definition) is 1. The second-order valence-corrected chi connectivity index (χ2v) is 2.84. The summed E-state index contributed by atoms with van der Waals surface area (Å²) in [7, 11) is 0. The molecule has 0 heterocycles. The van der Waals surface area contributed by atoms with E-state index in [-0.39, 0.29) is 5.56 Å². The Morgan fingerprint density at radius 1 is 1.27 bits per heavy atom. The Morgan fingerprint density at radius 3 is 2.47 bits per heavy atom. The summed E-state index contributed by atoms with van der Waals surface area (Å²) in [4.78, 5) is 32.1. The summed E-state index contributed by atoms with van der Waals surface area (Å²) in [6.07, 6.45) is -0.751. The molecule has 15 heavy (non-hydrogen) atoms. The minimum Gasteiger partial charge on any atom is -0.475 e. The lowest BCUT2D eigenvalue weighted by Gasteiger charge is -1.98. The lowest BCUT2D eigenvalue weighted by Crippen LogP contribution is -2.17. The fraction of sp³-hybridized carbons (Fsp3) is 0.100. The van der Waals surface area contributed by atoms with Gasteiger partial charge in [0.15, 0.2) is 5.78 Å². The molecule has 0 atom stereocenters. The van der Waals surface area contributed by atoms with Crippen LogP contribution in [-0.4, -0.2) is 22.6 Å². The van der Waals surface area contributed by atoms with E-state index in [2.05, 4.69) is 0 Å².